The van der Waals surface area contributed by atoms with Crippen molar-refractivity contribution >= 4 is 28.5 Å². The molecule has 0 saturated heterocycles. The number of aromatic nitrogens is 2. The highest BCUT2D eigenvalue weighted by molar-refractivity contribution is 6.32. The molecule has 0 aliphatic rings. The van der Waals surface area contributed by atoms with Gasteiger partial charge in [0.2, 0.25) is 0 Å². The lowest BCUT2D eigenvalue weighted by Crippen LogP contribution is -2.31. The topological polar surface area (TPSA) is 56.2 Å². The first-order chi connectivity index (χ1) is 12.6. The van der Waals surface area contributed by atoms with Gasteiger partial charge in [0.1, 0.15) is 11.6 Å². The van der Waals surface area contributed by atoms with Crippen LogP contribution in [0.5, 0.6) is 5.75 Å². The van der Waals surface area contributed by atoms with Crippen molar-refractivity contribution in [1.29, 1.82) is 0 Å². The van der Waals surface area contributed by atoms with E-state index in [9.17, 15) is 4.79 Å². The second-order valence-corrected chi connectivity index (χ2v) is 6.71. The van der Waals surface area contributed by atoms with Crippen LogP contribution < -0.4 is 10.1 Å². The summed E-state index contributed by atoms with van der Waals surface area (Å²) in [6.07, 6.45) is 0.657. The third-order valence-corrected chi connectivity index (χ3v) is 4.36. The maximum atomic E-state index is 12.0. The quantitative estimate of drug-likeness (QED) is 0.682. The zero-order valence-electron chi connectivity index (χ0n) is 14.9. The number of rotatable bonds is 7. The van der Waals surface area contributed by atoms with Gasteiger partial charge in [-0.15, -0.1) is 0 Å². The molecule has 1 amide bonds. The van der Waals surface area contributed by atoms with Gasteiger partial charge in [0.05, 0.1) is 16.1 Å². The summed E-state index contributed by atoms with van der Waals surface area (Å²) in [4.78, 5) is 16.7. The number of carbonyl (C=O) groups excluding carboxylic acids is 1. The van der Waals surface area contributed by atoms with E-state index in [-0.39, 0.29) is 12.5 Å². The number of benzene rings is 2. The summed E-state index contributed by atoms with van der Waals surface area (Å²) >= 11 is 6.01. The van der Waals surface area contributed by atoms with Crippen molar-refractivity contribution < 1.29 is 9.53 Å². The number of halogens is 1. The van der Waals surface area contributed by atoms with Gasteiger partial charge in [0.15, 0.2) is 6.61 Å². The van der Waals surface area contributed by atoms with Crippen LogP contribution in [0.3, 0.4) is 0 Å². The van der Waals surface area contributed by atoms with E-state index in [1.807, 2.05) is 30.3 Å². The monoisotopic (exact) mass is 371 g/mol. The standard InChI is InChI=1S/C20H22ClN3O2/c1-14(2)24-17-9-5-4-8-16(17)23-19(24)11-12-22-20(25)13-26-18-10-6-3-7-15(18)21/h3-10,14H,11-13H2,1-2H3,(H,22,25). The van der Waals surface area contributed by atoms with Crippen LogP contribution in [0.4, 0.5) is 0 Å². The van der Waals surface area contributed by atoms with E-state index in [4.69, 9.17) is 21.3 Å². The lowest BCUT2D eigenvalue weighted by Gasteiger charge is -2.13. The molecule has 6 heteroatoms. The number of hydrogen-bond donors (Lipinski definition) is 1. The summed E-state index contributed by atoms with van der Waals surface area (Å²) in [6, 6.07) is 15.5. The van der Waals surface area contributed by atoms with E-state index < -0.39 is 0 Å². The number of para-hydroxylation sites is 3. The molecule has 0 unspecified atom stereocenters. The van der Waals surface area contributed by atoms with Crippen molar-refractivity contribution in [2.75, 3.05) is 13.2 Å². The highest BCUT2D eigenvalue weighted by Gasteiger charge is 2.13. The highest BCUT2D eigenvalue weighted by Crippen LogP contribution is 2.23. The van der Waals surface area contributed by atoms with Crippen LogP contribution in [0.15, 0.2) is 48.5 Å². The Morgan fingerprint density at radius 3 is 2.69 bits per heavy atom. The fourth-order valence-corrected chi connectivity index (χ4v) is 3.11. The van der Waals surface area contributed by atoms with Gasteiger partial charge in [-0.1, -0.05) is 35.9 Å². The molecule has 0 aliphatic carbocycles. The maximum absolute atomic E-state index is 12.0. The first-order valence-corrected chi connectivity index (χ1v) is 9.04. The number of fused-ring (bicyclic) bond motifs is 1. The van der Waals surface area contributed by atoms with Gasteiger partial charge in [0.25, 0.3) is 5.91 Å². The van der Waals surface area contributed by atoms with E-state index in [0.29, 0.717) is 29.8 Å². The molecule has 0 aliphatic heterocycles. The predicted octanol–water partition coefficient (Wildman–Crippen LogP) is 4.01. The van der Waals surface area contributed by atoms with Gasteiger partial charge in [-0.25, -0.2) is 4.98 Å². The van der Waals surface area contributed by atoms with Gasteiger partial charge in [-0.2, -0.15) is 0 Å². The number of nitrogens with zero attached hydrogens (tertiary/aromatic N) is 2. The molecule has 0 fully saturated rings. The van der Waals surface area contributed by atoms with Crippen LogP contribution in [0, 0.1) is 0 Å². The molecular formula is C20H22ClN3O2. The van der Waals surface area contributed by atoms with Crippen LogP contribution in [0.25, 0.3) is 11.0 Å². The third-order valence-electron chi connectivity index (χ3n) is 4.05. The molecule has 2 aromatic carbocycles. The maximum Gasteiger partial charge on any atom is 0.257 e. The Balaban J connectivity index is 1.56. The van der Waals surface area contributed by atoms with E-state index >= 15 is 0 Å². The number of ether oxygens (including phenoxy) is 1. The molecule has 136 valence electrons. The molecule has 1 heterocycles. The van der Waals surface area contributed by atoms with Crippen molar-refractivity contribution in [3.8, 4) is 5.75 Å². The summed E-state index contributed by atoms with van der Waals surface area (Å²) < 4.78 is 7.66. The predicted molar refractivity (Wildman–Crippen MR) is 104 cm³/mol. The second-order valence-electron chi connectivity index (χ2n) is 6.30. The molecule has 1 N–H and O–H groups in total. The van der Waals surface area contributed by atoms with Gasteiger partial charge >= 0.3 is 0 Å². The minimum Gasteiger partial charge on any atom is -0.482 e. The normalized spacial score (nSPS) is 11.1. The van der Waals surface area contributed by atoms with Gasteiger partial charge < -0.3 is 14.6 Å². The lowest BCUT2D eigenvalue weighted by molar-refractivity contribution is -0.123. The Labute approximate surface area is 157 Å². The number of amides is 1. The molecule has 5 nitrogen and oxygen atoms in total. The summed E-state index contributed by atoms with van der Waals surface area (Å²) in [6.45, 7) is 4.70. The molecule has 0 saturated carbocycles. The summed E-state index contributed by atoms with van der Waals surface area (Å²) in [5.41, 5.74) is 2.09. The molecule has 0 radical (unpaired) electrons. The van der Waals surface area contributed by atoms with E-state index in [2.05, 4.69) is 29.8 Å². The van der Waals surface area contributed by atoms with E-state index in [1.165, 1.54) is 0 Å². The minimum absolute atomic E-state index is 0.0651. The lowest BCUT2D eigenvalue weighted by atomic mass is 10.3. The van der Waals surface area contributed by atoms with Gasteiger partial charge in [-0.05, 0) is 38.1 Å². The second kappa shape index (κ2) is 8.23. The number of carbonyl (C=O) groups is 1. The largest absolute Gasteiger partial charge is 0.482 e. The molecule has 0 atom stereocenters. The minimum atomic E-state index is -0.183. The summed E-state index contributed by atoms with van der Waals surface area (Å²) in [5.74, 6) is 1.29. The summed E-state index contributed by atoms with van der Waals surface area (Å²) in [7, 11) is 0. The van der Waals surface area contributed by atoms with Gasteiger partial charge in [0, 0.05) is 19.0 Å². The number of imidazole rings is 1. The fraction of sp³-hybridized carbons (Fsp3) is 0.300. The molecule has 0 spiro atoms. The molecule has 3 aromatic rings. The number of hydrogen-bond acceptors (Lipinski definition) is 3. The highest BCUT2D eigenvalue weighted by atomic mass is 35.5. The fourth-order valence-electron chi connectivity index (χ4n) is 2.92. The van der Waals surface area contributed by atoms with Crippen LogP contribution >= 0.6 is 11.6 Å². The molecule has 1 aromatic heterocycles. The summed E-state index contributed by atoms with van der Waals surface area (Å²) in [5, 5.41) is 3.36. The Morgan fingerprint density at radius 2 is 1.92 bits per heavy atom. The zero-order valence-corrected chi connectivity index (χ0v) is 15.7. The van der Waals surface area contributed by atoms with Crippen LogP contribution in [-0.2, 0) is 11.2 Å². The molecule has 0 bridgehead atoms. The number of nitrogens with one attached hydrogen (secondary N) is 1. The van der Waals surface area contributed by atoms with Crippen LogP contribution in [-0.4, -0.2) is 28.6 Å². The van der Waals surface area contributed by atoms with E-state index in [0.717, 1.165) is 16.9 Å². The van der Waals surface area contributed by atoms with E-state index in [1.54, 1.807) is 12.1 Å². The average molecular weight is 372 g/mol. The van der Waals surface area contributed by atoms with Crippen molar-refractivity contribution in [1.82, 2.24) is 14.9 Å². The van der Waals surface area contributed by atoms with Crippen LogP contribution in [0.1, 0.15) is 25.7 Å². The Kier molecular flexibility index (Phi) is 5.78. The Bertz CT molecular complexity index is 905. The first kappa shape index (κ1) is 18.3. The first-order valence-electron chi connectivity index (χ1n) is 8.66. The zero-order chi connectivity index (χ0) is 18.5. The Hall–Kier alpha value is -2.53. The smallest absolute Gasteiger partial charge is 0.257 e. The Morgan fingerprint density at radius 1 is 1.19 bits per heavy atom. The van der Waals surface area contributed by atoms with Gasteiger partial charge in [-0.3, -0.25) is 4.79 Å². The average Bonchev–Trinajstić information content (AvgIpc) is 2.99. The third kappa shape index (κ3) is 4.17. The molecular weight excluding hydrogens is 350 g/mol. The van der Waals surface area contributed by atoms with Crippen molar-refractivity contribution in [2.24, 2.45) is 0 Å². The van der Waals surface area contributed by atoms with Crippen LogP contribution in [0.2, 0.25) is 5.02 Å². The SMILES string of the molecule is CC(C)n1c(CCNC(=O)COc2ccccc2Cl)nc2ccccc21. The van der Waals surface area contributed by atoms with Crippen molar-refractivity contribution in [3.05, 3.63) is 59.4 Å². The molecule has 26 heavy (non-hydrogen) atoms. The van der Waals surface area contributed by atoms with Crippen molar-refractivity contribution in [2.45, 2.75) is 26.3 Å². The molecule has 3 rings (SSSR count). The van der Waals surface area contributed by atoms with Crippen molar-refractivity contribution in [3.63, 3.8) is 0 Å².